The molecule has 0 saturated heterocycles. The number of benzene rings is 1. The zero-order chi connectivity index (χ0) is 14.8. The van der Waals surface area contributed by atoms with Crippen LogP contribution in [0.5, 0.6) is 0 Å². The van der Waals surface area contributed by atoms with Crippen LogP contribution in [0.25, 0.3) is 0 Å². The Morgan fingerprint density at radius 1 is 1.50 bits per heavy atom. The summed E-state index contributed by atoms with van der Waals surface area (Å²) < 4.78 is 13.7. The molecule has 1 saturated carbocycles. The van der Waals surface area contributed by atoms with Crippen LogP contribution in [-0.2, 0) is 0 Å². The molecule has 2 N–H and O–H groups in total. The Morgan fingerprint density at radius 3 is 2.90 bits per heavy atom. The lowest BCUT2D eigenvalue weighted by molar-refractivity contribution is 0.00962. The van der Waals surface area contributed by atoms with E-state index < -0.39 is 5.82 Å². The van der Waals surface area contributed by atoms with Gasteiger partial charge in [-0.15, -0.1) is 0 Å². The molecule has 3 nitrogen and oxygen atoms in total. The molecular formula is C16H22FNO2. The molecule has 0 amide bonds. The molecule has 0 bridgehead atoms. The van der Waals surface area contributed by atoms with E-state index in [4.69, 9.17) is 0 Å². The smallest absolute Gasteiger partial charge is 0.164 e. The highest BCUT2D eigenvalue weighted by molar-refractivity contribution is 5.99. The number of ketones is 1. The summed E-state index contributed by atoms with van der Waals surface area (Å²) in [7, 11) is 0. The van der Waals surface area contributed by atoms with E-state index in [9.17, 15) is 14.3 Å². The van der Waals surface area contributed by atoms with Crippen LogP contribution >= 0.6 is 0 Å². The first kappa shape index (κ1) is 15.0. The number of aliphatic hydroxyl groups excluding tert-OH is 1. The fourth-order valence-corrected chi connectivity index (χ4v) is 2.91. The van der Waals surface area contributed by atoms with E-state index in [1.165, 1.54) is 13.0 Å². The molecule has 1 aliphatic rings. The Morgan fingerprint density at radius 2 is 2.25 bits per heavy atom. The van der Waals surface area contributed by atoms with E-state index in [1.54, 1.807) is 12.1 Å². The average Bonchev–Trinajstić information content (AvgIpc) is 2.40. The number of halogens is 1. The van der Waals surface area contributed by atoms with Gasteiger partial charge >= 0.3 is 0 Å². The van der Waals surface area contributed by atoms with Gasteiger partial charge in [0.2, 0.25) is 0 Å². The SMILES string of the molecule is CC(=O)c1c(F)cccc1NCC1(C)CCCCC1O. The molecule has 0 aromatic heterocycles. The van der Waals surface area contributed by atoms with Gasteiger partial charge in [-0.1, -0.05) is 25.8 Å². The van der Waals surface area contributed by atoms with Crippen LogP contribution in [0.2, 0.25) is 0 Å². The van der Waals surface area contributed by atoms with Gasteiger partial charge in [0.1, 0.15) is 5.82 Å². The van der Waals surface area contributed by atoms with Gasteiger partial charge in [-0.05, 0) is 31.9 Å². The summed E-state index contributed by atoms with van der Waals surface area (Å²) in [6.07, 6.45) is 3.54. The molecule has 1 aromatic rings. The zero-order valence-electron chi connectivity index (χ0n) is 12.1. The minimum atomic E-state index is -0.503. The molecule has 2 rings (SSSR count). The molecule has 0 radical (unpaired) electrons. The Balaban J connectivity index is 2.15. The Kier molecular flexibility index (Phi) is 4.43. The molecule has 110 valence electrons. The Labute approximate surface area is 119 Å². The number of rotatable bonds is 4. The van der Waals surface area contributed by atoms with E-state index in [0.717, 1.165) is 25.7 Å². The lowest BCUT2D eigenvalue weighted by Crippen LogP contribution is -2.41. The molecular weight excluding hydrogens is 257 g/mol. The molecule has 0 spiro atoms. The highest BCUT2D eigenvalue weighted by atomic mass is 19.1. The first-order valence-electron chi connectivity index (χ1n) is 7.15. The van der Waals surface area contributed by atoms with Crippen molar-refractivity contribution in [2.24, 2.45) is 5.41 Å². The molecule has 1 aliphatic carbocycles. The minimum Gasteiger partial charge on any atom is -0.392 e. The second-order valence-corrected chi connectivity index (χ2v) is 5.99. The van der Waals surface area contributed by atoms with Gasteiger partial charge in [-0.3, -0.25) is 4.79 Å². The maximum atomic E-state index is 13.7. The lowest BCUT2D eigenvalue weighted by atomic mass is 9.73. The van der Waals surface area contributed by atoms with Crippen molar-refractivity contribution in [3.8, 4) is 0 Å². The molecule has 1 fully saturated rings. The third-order valence-electron chi connectivity index (χ3n) is 4.33. The maximum Gasteiger partial charge on any atom is 0.164 e. The highest BCUT2D eigenvalue weighted by Crippen LogP contribution is 2.36. The molecule has 0 heterocycles. The summed E-state index contributed by atoms with van der Waals surface area (Å²) in [5.41, 5.74) is 0.386. The first-order valence-corrected chi connectivity index (χ1v) is 7.15. The third-order valence-corrected chi connectivity index (χ3v) is 4.33. The van der Waals surface area contributed by atoms with Crippen molar-refractivity contribution >= 4 is 11.5 Å². The molecule has 2 atom stereocenters. The summed E-state index contributed by atoms with van der Waals surface area (Å²) in [5.74, 6) is -0.795. The molecule has 4 heteroatoms. The van der Waals surface area contributed by atoms with E-state index in [2.05, 4.69) is 5.32 Å². The van der Waals surface area contributed by atoms with E-state index in [0.29, 0.717) is 12.2 Å². The number of anilines is 1. The van der Waals surface area contributed by atoms with Gasteiger partial charge in [-0.25, -0.2) is 4.39 Å². The second kappa shape index (κ2) is 5.92. The predicted molar refractivity (Wildman–Crippen MR) is 77.5 cm³/mol. The Hall–Kier alpha value is -1.42. The summed E-state index contributed by atoms with van der Waals surface area (Å²) >= 11 is 0. The molecule has 20 heavy (non-hydrogen) atoms. The monoisotopic (exact) mass is 279 g/mol. The highest BCUT2D eigenvalue weighted by Gasteiger charge is 2.35. The number of nitrogens with one attached hydrogen (secondary N) is 1. The standard InChI is InChI=1S/C16H22FNO2/c1-11(19)15-12(17)6-5-7-13(15)18-10-16(2)9-4-3-8-14(16)20/h5-7,14,18,20H,3-4,8-10H2,1-2H3. The van der Waals surface area contributed by atoms with Gasteiger partial charge in [0.25, 0.3) is 0 Å². The number of hydrogen-bond donors (Lipinski definition) is 2. The second-order valence-electron chi connectivity index (χ2n) is 5.99. The fraction of sp³-hybridized carbons (Fsp3) is 0.562. The van der Waals surface area contributed by atoms with Crippen LogP contribution in [0.1, 0.15) is 49.9 Å². The largest absolute Gasteiger partial charge is 0.392 e. The number of hydrogen-bond acceptors (Lipinski definition) is 3. The fourth-order valence-electron chi connectivity index (χ4n) is 2.91. The number of carbonyl (C=O) groups is 1. The van der Waals surface area contributed by atoms with Gasteiger partial charge in [0.15, 0.2) is 5.78 Å². The first-order chi connectivity index (χ1) is 9.44. The topological polar surface area (TPSA) is 49.3 Å². The van der Waals surface area contributed by atoms with Gasteiger partial charge in [0.05, 0.1) is 11.7 Å². The normalized spacial score (nSPS) is 26.3. The van der Waals surface area contributed by atoms with Crippen molar-refractivity contribution in [3.63, 3.8) is 0 Å². The van der Waals surface area contributed by atoms with Crippen molar-refractivity contribution in [2.45, 2.75) is 45.6 Å². The maximum absolute atomic E-state index is 13.7. The van der Waals surface area contributed by atoms with E-state index in [-0.39, 0.29) is 22.9 Å². The molecule has 1 aromatic carbocycles. The molecule has 2 unspecified atom stereocenters. The van der Waals surface area contributed by atoms with Crippen molar-refractivity contribution in [2.75, 3.05) is 11.9 Å². The zero-order valence-corrected chi connectivity index (χ0v) is 12.1. The summed E-state index contributed by atoms with van der Waals surface area (Å²) in [6.45, 7) is 3.94. The van der Waals surface area contributed by atoms with E-state index >= 15 is 0 Å². The molecule has 0 aliphatic heterocycles. The van der Waals surface area contributed by atoms with Crippen molar-refractivity contribution in [1.29, 1.82) is 0 Å². The summed E-state index contributed by atoms with van der Waals surface area (Å²) in [6, 6.07) is 4.58. The van der Waals surface area contributed by atoms with Crippen LogP contribution in [-0.4, -0.2) is 23.5 Å². The predicted octanol–water partition coefficient (Wildman–Crippen LogP) is 3.38. The van der Waals surface area contributed by atoms with Gasteiger partial charge < -0.3 is 10.4 Å². The van der Waals surface area contributed by atoms with E-state index in [1.807, 2.05) is 6.92 Å². The Bertz CT molecular complexity index is 503. The van der Waals surface area contributed by atoms with Crippen LogP contribution in [0.3, 0.4) is 0 Å². The minimum absolute atomic E-state index is 0.0985. The van der Waals surface area contributed by atoms with Crippen LogP contribution < -0.4 is 5.32 Å². The van der Waals surface area contributed by atoms with Gasteiger partial charge in [-0.2, -0.15) is 0 Å². The number of carbonyl (C=O) groups excluding carboxylic acids is 1. The van der Waals surface area contributed by atoms with Crippen LogP contribution in [0, 0.1) is 11.2 Å². The lowest BCUT2D eigenvalue weighted by Gasteiger charge is -2.39. The van der Waals surface area contributed by atoms with Crippen molar-refractivity contribution in [1.82, 2.24) is 0 Å². The van der Waals surface area contributed by atoms with Crippen molar-refractivity contribution in [3.05, 3.63) is 29.6 Å². The summed E-state index contributed by atoms with van der Waals surface area (Å²) in [4.78, 5) is 11.6. The average molecular weight is 279 g/mol. The third kappa shape index (κ3) is 3.01. The number of aliphatic hydroxyl groups is 1. The van der Waals surface area contributed by atoms with Crippen LogP contribution in [0.4, 0.5) is 10.1 Å². The van der Waals surface area contributed by atoms with Gasteiger partial charge in [0, 0.05) is 17.6 Å². The van der Waals surface area contributed by atoms with Crippen LogP contribution in [0.15, 0.2) is 18.2 Å². The quantitative estimate of drug-likeness (QED) is 0.831. The summed E-state index contributed by atoms with van der Waals surface area (Å²) in [5, 5.41) is 13.3. The number of Topliss-reactive ketones (excluding diaryl/α,β-unsaturated/α-hetero) is 1. The van der Waals surface area contributed by atoms with Crippen molar-refractivity contribution < 1.29 is 14.3 Å².